The Morgan fingerprint density at radius 1 is 1.19 bits per heavy atom. The van der Waals surface area contributed by atoms with Crippen LogP contribution in [0.2, 0.25) is 0 Å². The molecule has 0 radical (unpaired) electrons. The minimum atomic E-state index is -0.372. The fourth-order valence-corrected chi connectivity index (χ4v) is 1.88. The van der Waals surface area contributed by atoms with Crippen LogP contribution in [-0.4, -0.2) is 4.98 Å². The summed E-state index contributed by atoms with van der Waals surface area (Å²) in [7, 11) is 0. The number of aromatic nitrogens is 1. The van der Waals surface area contributed by atoms with Crippen LogP contribution in [0.15, 0.2) is 42.6 Å². The summed E-state index contributed by atoms with van der Waals surface area (Å²) in [6, 6.07) is 10.9. The summed E-state index contributed by atoms with van der Waals surface area (Å²) in [4.78, 5) is 3.99. The first kappa shape index (κ1) is 11.2. The fraction of sp³-hybridized carbons (Fsp3) is 0.0833. The topological polar surface area (TPSA) is 22.1 Å². The van der Waals surface area contributed by atoms with Crippen molar-refractivity contribution in [1.29, 1.82) is 0 Å². The van der Waals surface area contributed by atoms with Crippen molar-refractivity contribution in [3.05, 3.63) is 54.0 Å². The minimum absolute atomic E-state index is 0.228. The van der Waals surface area contributed by atoms with Crippen molar-refractivity contribution >= 4 is 4.21 Å². The van der Waals surface area contributed by atoms with Gasteiger partial charge >= 0.3 is 104 Å². The molecule has 0 spiro atoms. The summed E-state index contributed by atoms with van der Waals surface area (Å²) in [6.07, 6.45) is 1.43. The van der Waals surface area contributed by atoms with Gasteiger partial charge in [-0.15, -0.1) is 0 Å². The van der Waals surface area contributed by atoms with Crippen LogP contribution >= 0.6 is 0 Å². The molecule has 82 valence electrons. The molecular weight excluding hydrogens is 385 g/mol. The Bertz CT molecular complexity index is 455. The first-order valence-electron chi connectivity index (χ1n) is 4.72. The molecule has 1 heterocycles. The SMILES string of the molecule is Fc1ccn[c]([Ir+2])c1OCc1ccccc1. The third-order valence-corrected chi connectivity index (χ3v) is 2.88. The maximum atomic E-state index is 13.4. The van der Waals surface area contributed by atoms with Crippen molar-refractivity contribution < 1.29 is 28.0 Å². The van der Waals surface area contributed by atoms with Crippen molar-refractivity contribution in [3.8, 4) is 5.75 Å². The Labute approximate surface area is 104 Å². The van der Waals surface area contributed by atoms with Gasteiger partial charge in [0.1, 0.15) is 0 Å². The molecule has 2 rings (SSSR count). The third-order valence-electron chi connectivity index (χ3n) is 2.02. The fourth-order valence-electron chi connectivity index (χ4n) is 1.25. The number of hydrogen-bond donors (Lipinski definition) is 0. The van der Waals surface area contributed by atoms with E-state index in [0.717, 1.165) is 5.56 Å². The third kappa shape index (κ3) is 2.65. The zero-order valence-electron chi connectivity index (χ0n) is 8.32. The van der Waals surface area contributed by atoms with Gasteiger partial charge in [0.15, 0.2) is 0 Å². The summed E-state index contributed by atoms with van der Waals surface area (Å²) in [5.41, 5.74) is 1.00. The number of ether oxygens (including phenoxy) is 1. The van der Waals surface area contributed by atoms with Crippen LogP contribution in [-0.2, 0) is 25.5 Å². The van der Waals surface area contributed by atoms with Crippen LogP contribution in [0.1, 0.15) is 5.56 Å². The van der Waals surface area contributed by atoms with E-state index in [-0.39, 0.29) is 11.6 Å². The molecule has 0 amide bonds. The monoisotopic (exact) mass is 395 g/mol. The van der Waals surface area contributed by atoms with Gasteiger partial charge in [0, 0.05) is 0 Å². The Morgan fingerprint density at radius 2 is 1.94 bits per heavy atom. The van der Waals surface area contributed by atoms with Crippen LogP contribution in [0.3, 0.4) is 0 Å². The zero-order chi connectivity index (χ0) is 11.4. The second-order valence-corrected chi connectivity index (χ2v) is 4.30. The Balaban J connectivity index is 2.11. The van der Waals surface area contributed by atoms with Gasteiger partial charge in [-0.25, -0.2) is 0 Å². The van der Waals surface area contributed by atoms with E-state index < -0.39 is 0 Å². The molecule has 4 heteroatoms. The van der Waals surface area contributed by atoms with E-state index in [1.54, 1.807) is 18.9 Å². The van der Waals surface area contributed by atoms with Crippen LogP contribution in [0, 0.1) is 5.82 Å². The van der Waals surface area contributed by atoms with Crippen molar-refractivity contribution in [2.45, 2.75) is 6.61 Å². The van der Waals surface area contributed by atoms with Crippen LogP contribution in [0.4, 0.5) is 4.39 Å². The summed E-state index contributed by atoms with van der Waals surface area (Å²) in [6.45, 7) is 0.351. The van der Waals surface area contributed by atoms with E-state index in [1.807, 2.05) is 30.3 Å². The average molecular weight is 394 g/mol. The first-order valence-corrected chi connectivity index (χ1v) is 5.91. The van der Waals surface area contributed by atoms with Crippen molar-refractivity contribution in [3.63, 3.8) is 0 Å². The van der Waals surface area contributed by atoms with Gasteiger partial charge in [-0.05, 0) is 0 Å². The molecule has 0 saturated carbocycles. The van der Waals surface area contributed by atoms with Crippen molar-refractivity contribution in [2.24, 2.45) is 0 Å². The van der Waals surface area contributed by atoms with Gasteiger partial charge in [0.2, 0.25) is 0 Å². The number of nitrogens with zero attached hydrogens (tertiary/aromatic N) is 1. The molecular formula is C12H9FIrNO+2. The molecule has 0 fully saturated rings. The zero-order valence-corrected chi connectivity index (χ0v) is 10.7. The van der Waals surface area contributed by atoms with Gasteiger partial charge in [0.25, 0.3) is 0 Å². The molecule has 0 N–H and O–H groups in total. The molecule has 2 nitrogen and oxygen atoms in total. The van der Waals surface area contributed by atoms with E-state index >= 15 is 0 Å². The Kier molecular flexibility index (Phi) is 3.65. The molecule has 2 aromatic rings. The molecule has 0 unspecified atom stereocenters. The van der Waals surface area contributed by atoms with Crippen molar-refractivity contribution in [2.75, 3.05) is 0 Å². The predicted octanol–water partition coefficient (Wildman–Crippen LogP) is 1.97. The van der Waals surface area contributed by atoms with Crippen molar-refractivity contribution in [1.82, 2.24) is 4.98 Å². The van der Waals surface area contributed by atoms with E-state index in [9.17, 15) is 4.39 Å². The van der Waals surface area contributed by atoms with Crippen LogP contribution < -0.4 is 8.94 Å². The molecule has 0 aliphatic carbocycles. The molecule has 0 saturated heterocycles. The summed E-state index contributed by atoms with van der Waals surface area (Å²) < 4.78 is 19.4. The Morgan fingerprint density at radius 3 is 2.62 bits per heavy atom. The van der Waals surface area contributed by atoms with Gasteiger partial charge in [-0.1, -0.05) is 0 Å². The van der Waals surface area contributed by atoms with Crippen LogP contribution in [0.5, 0.6) is 5.75 Å². The summed E-state index contributed by atoms with van der Waals surface area (Å²) in [5, 5.41) is 0. The summed E-state index contributed by atoms with van der Waals surface area (Å²) in [5.74, 6) is -0.144. The van der Waals surface area contributed by atoms with Gasteiger partial charge < -0.3 is 0 Å². The molecule has 0 atom stereocenters. The molecule has 1 aromatic heterocycles. The molecule has 0 bridgehead atoms. The summed E-state index contributed by atoms with van der Waals surface area (Å²) >= 11 is 1.73. The van der Waals surface area contributed by atoms with E-state index in [1.165, 1.54) is 12.3 Å². The first-order chi connectivity index (χ1) is 7.77. The number of rotatable bonds is 3. The molecule has 1 aromatic carbocycles. The van der Waals surface area contributed by atoms with E-state index in [2.05, 4.69) is 4.98 Å². The Hall–Kier alpha value is -1.25. The van der Waals surface area contributed by atoms with E-state index in [4.69, 9.17) is 4.74 Å². The molecule has 16 heavy (non-hydrogen) atoms. The maximum absolute atomic E-state index is 13.4. The second kappa shape index (κ2) is 5.19. The number of pyridine rings is 1. The number of hydrogen-bond acceptors (Lipinski definition) is 2. The molecule has 0 aliphatic heterocycles. The van der Waals surface area contributed by atoms with Gasteiger partial charge in [-0.2, -0.15) is 0 Å². The predicted molar refractivity (Wildman–Crippen MR) is 54.6 cm³/mol. The standard InChI is InChI=1S/C12H9FNO.Ir/c13-11-6-7-14-8-12(11)15-9-10-4-2-1-3-5-10;/h1-7H,9H2;/q;+2. The number of halogens is 1. The second-order valence-electron chi connectivity index (χ2n) is 3.17. The molecule has 0 aliphatic rings. The van der Waals surface area contributed by atoms with Gasteiger partial charge in [0.05, 0.1) is 0 Å². The van der Waals surface area contributed by atoms with Gasteiger partial charge in [-0.3, -0.25) is 0 Å². The number of benzene rings is 1. The quantitative estimate of drug-likeness (QED) is 0.794. The normalized spacial score (nSPS) is 10.1. The average Bonchev–Trinajstić information content (AvgIpc) is 2.30. The van der Waals surface area contributed by atoms with Crippen LogP contribution in [0.25, 0.3) is 0 Å². The van der Waals surface area contributed by atoms with E-state index in [0.29, 0.717) is 10.8 Å².